The Hall–Kier alpha value is -2.26. The van der Waals surface area contributed by atoms with Gasteiger partial charge in [0.2, 0.25) is 0 Å². The molecule has 1 aromatic carbocycles. The van der Waals surface area contributed by atoms with E-state index in [1.165, 1.54) is 0 Å². The maximum atomic E-state index is 5.42. The molecule has 8 heteroatoms. The second kappa shape index (κ2) is 11.2. The molecule has 162 valence electrons. The Morgan fingerprint density at radius 1 is 0.733 bits per heavy atom. The summed E-state index contributed by atoms with van der Waals surface area (Å²) in [5.74, 6) is 2.44. The van der Waals surface area contributed by atoms with Crippen LogP contribution in [0.5, 0.6) is 0 Å². The van der Waals surface area contributed by atoms with Crippen LogP contribution in [0, 0.1) is 0 Å². The summed E-state index contributed by atoms with van der Waals surface area (Å²) in [7, 11) is 0. The fourth-order valence-corrected chi connectivity index (χ4v) is 3.68. The van der Waals surface area contributed by atoms with Crippen LogP contribution >= 0.6 is 0 Å². The van der Waals surface area contributed by atoms with Gasteiger partial charge in [0, 0.05) is 64.0 Å². The number of anilines is 2. The summed E-state index contributed by atoms with van der Waals surface area (Å²) in [5, 5.41) is 6.96. The zero-order valence-electron chi connectivity index (χ0n) is 17.6. The van der Waals surface area contributed by atoms with Crippen LogP contribution in [0.15, 0.2) is 36.4 Å². The molecule has 0 spiro atoms. The predicted molar refractivity (Wildman–Crippen MR) is 119 cm³/mol. The minimum atomic E-state index is 0.737. The fraction of sp³-hybridized carbons (Fsp3) is 0.545. The van der Waals surface area contributed by atoms with Crippen molar-refractivity contribution in [3.05, 3.63) is 36.4 Å². The van der Waals surface area contributed by atoms with Crippen molar-refractivity contribution in [2.24, 2.45) is 0 Å². The smallest absolute Gasteiger partial charge is 0.163 e. The molecular weight excluding hydrogens is 380 g/mol. The Kier molecular flexibility index (Phi) is 7.85. The number of morpholine rings is 2. The molecule has 0 atom stereocenters. The number of hydrogen-bond donors (Lipinski definition) is 2. The van der Waals surface area contributed by atoms with Gasteiger partial charge in [-0.3, -0.25) is 9.80 Å². The summed E-state index contributed by atoms with van der Waals surface area (Å²) >= 11 is 0. The third-order valence-electron chi connectivity index (χ3n) is 5.43. The van der Waals surface area contributed by atoms with Gasteiger partial charge < -0.3 is 20.1 Å². The second-order valence-electron chi connectivity index (χ2n) is 7.59. The van der Waals surface area contributed by atoms with Gasteiger partial charge in [0.05, 0.1) is 26.4 Å². The standard InChI is InChI=1S/C22H32N6O2/c1-2-4-19(5-3-1)22-25-20(23-6-8-27-10-14-29-15-11-27)18-21(26-22)24-7-9-28-12-16-30-17-13-28/h1-5,18H,6-17H2,(H2,23,24,25,26). The monoisotopic (exact) mass is 412 g/mol. The topological polar surface area (TPSA) is 74.8 Å². The molecule has 0 radical (unpaired) electrons. The van der Waals surface area contributed by atoms with Crippen LogP contribution in [0.3, 0.4) is 0 Å². The van der Waals surface area contributed by atoms with Gasteiger partial charge >= 0.3 is 0 Å². The molecule has 1 aromatic heterocycles. The number of hydrogen-bond acceptors (Lipinski definition) is 8. The molecule has 30 heavy (non-hydrogen) atoms. The van der Waals surface area contributed by atoms with Gasteiger partial charge in [0.1, 0.15) is 11.6 Å². The Morgan fingerprint density at radius 3 is 1.73 bits per heavy atom. The molecule has 3 heterocycles. The normalized spacial score (nSPS) is 18.3. The molecule has 2 N–H and O–H groups in total. The van der Waals surface area contributed by atoms with Gasteiger partial charge in [-0.1, -0.05) is 30.3 Å². The maximum absolute atomic E-state index is 5.42. The molecular formula is C22H32N6O2. The van der Waals surface area contributed by atoms with Crippen molar-refractivity contribution in [1.29, 1.82) is 0 Å². The number of rotatable bonds is 9. The second-order valence-corrected chi connectivity index (χ2v) is 7.59. The van der Waals surface area contributed by atoms with Crippen LogP contribution in [-0.4, -0.2) is 98.6 Å². The van der Waals surface area contributed by atoms with Crippen LogP contribution in [0.1, 0.15) is 0 Å². The summed E-state index contributed by atoms with van der Waals surface area (Å²) in [6.45, 7) is 10.9. The Bertz CT molecular complexity index is 721. The molecule has 4 rings (SSSR count). The maximum Gasteiger partial charge on any atom is 0.163 e. The van der Waals surface area contributed by atoms with Gasteiger partial charge in [-0.2, -0.15) is 0 Å². The predicted octanol–water partition coefficient (Wildman–Crippen LogP) is 1.63. The third-order valence-corrected chi connectivity index (χ3v) is 5.43. The van der Waals surface area contributed by atoms with Crippen LogP contribution < -0.4 is 10.6 Å². The summed E-state index contributed by atoms with van der Waals surface area (Å²) in [5.41, 5.74) is 1.02. The van der Waals surface area contributed by atoms with E-state index < -0.39 is 0 Å². The number of ether oxygens (including phenoxy) is 2. The van der Waals surface area contributed by atoms with E-state index >= 15 is 0 Å². The van der Waals surface area contributed by atoms with Gasteiger partial charge in [0.15, 0.2) is 5.82 Å². The Balaban J connectivity index is 1.38. The van der Waals surface area contributed by atoms with Crippen molar-refractivity contribution >= 4 is 11.6 Å². The minimum absolute atomic E-state index is 0.737. The van der Waals surface area contributed by atoms with Crippen LogP contribution in [-0.2, 0) is 9.47 Å². The van der Waals surface area contributed by atoms with Crippen molar-refractivity contribution < 1.29 is 9.47 Å². The molecule has 0 amide bonds. The highest BCUT2D eigenvalue weighted by molar-refractivity contribution is 5.61. The van der Waals surface area contributed by atoms with Gasteiger partial charge in [-0.05, 0) is 0 Å². The number of aromatic nitrogens is 2. The summed E-state index contributed by atoms with van der Waals surface area (Å²) in [6, 6.07) is 12.1. The van der Waals surface area contributed by atoms with Crippen LogP contribution in [0.25, 0.3) is 11.4 Å². The molecule has 2 aliphatic rings. The quantitative estimate of drug-likeness (QED) is 0.644. The van der Waals surface area contributed by atoms with Crippen molar-refractivity contribution in [3.8, 4) is 11.4 Å². The zero-order chi connectivity index (χ0) is 20.4. The number of benzene rings is 1. The van der Waals surface area contributed by atoms with E-state index in [4.69, 9.17) is 19.4 Å². The lowest BCUT2D eigenvalue weighted by atomic mass is 10.2. The van der Waals surface area contributed by atoms with E-state index in [1.54, 1.807) is 0 Å². The largest absolute Gasteiger partial charge is 0.379 e. The van der Waals surface area contributed by atoms with Crippen molar-refractivity contribution in [2.75, 3.05) is 89.4 Å². The van der Waals surface area contributed by atoms with Crippen molar-refractivity contribution in [1.82, 2.24) is 19.8 Å². The van der Waals surface area contributed by atoms with E-state index in [0.29, 0.717) is 0 Å². The Labute approximate surface area is 178 Å². The highest BCUT2D eigenvalue weighted by atomic mass is 16.5. The molecule has 0 bridgehead atoms. The number of nitrogens with one attached hydrogen (secondary N) is 2. The first-order valence-corrected chi connectivity index (χ1v) is 10.9. The average molecular weight is 413 g/mol. The van der Waals surface area contributed by atoms with E-state index in [0.717, 1.165) is 102 Å². The summed E-state index contributed by atoms with van der Waals surface area (Å²) in [4.78, 5) is 14.3. The molecule has 2 saturated heterocycles. The summed E-state index contributed by atoms with van der Waals surface area (Å²) < 4.78 is 10.8. The third kappa shape index (κ3) is 6.37. The van der Waals surface area contributed by atoms with E-state index in [-0.39, 0.29) is 0 Å². The first kappa shape index (κ1) is 21.0. The lowest BCUT2D eigenvalue weighted by Gasteiger charge is -2.27. The van der Waals surface area contributed by atoms with Crippen LogP contribution in [0.4, 0.5) is 11.6 Å². The molecule has 2 aromatic rings. The average Bonchev–Trinajstić information content (AvgIpc) is 2.81. The lowest BCUT2D eigenvalue weighted by Crippen LogP contribution is -2.39. The van der Waals surface area contributed by atoms with Gasteiger partial charge in [-0.25, -0.2) is 9.97 Å². The minimum Gasteiger partial charge on any atom is -0.379 e. The zero-order valence-corrected chi connectivity index (χ0v) is 17.6. The van der Waals surface area contributed by atoms with Gasteiger partial charge in [-0.15, -0.1) is 0 Å². The van der Waals surface area contributed by atoms with Crippen LogP contribution in [0.2, 0.25) is 0 Å². The molecule has 2 aliphatic heterocycles. The first-order chi connectivity index (χ1) is 14.9. The Morgan fingerprint density at radius 2 is 1.23 bits per heavy atom. The highest BCUT2D eigenvalue weighted by Crippen LogP contribution is 2.20. The molecule has 8 nitrogen and oxygen atoms in total. The number of nitrogens with zero attached hydrogens (tertiary/aromatic N) is 4. The lowest BCUT2D eigenvalue weighted by molar-refractivity contribution is 0.0398. The summed E-state index contributed by atoms with van der Waals surface area (Å²) in [6.07, 6.45) is 0. The molecule has 0 aliphatic carbocycles. The van der Waals surface area contributed by atoms with Crippen molar-refractivity contribution in [2.45, 2.75) is 0 Å². The van der Waals surface area contributed by atoms with Crippen molar-refractivity contribution in [3.63, 3.8) is 0 Å². The molecule has 2 fully saturated rings. The fourth-order valence-electron chi connectivity index (χ4n) is 3.68. The van der Waals surface area contributed by atoms with Gasteiger partial charge in [0.25, 0.3) is 0 Å². The SMILES string of the molecule is c1ccc(-c2nc(NCCN3CCOCC3)cc(NCCN3CCOCC3)n2)cc1. The highest BCUT2D eigenvalue weighted by Gasteiger charge is 2.12. The molecule has 0 unspecified atom stereocenters. The molecule has 0 saturated carbocycles. The van der Waals surface area contributed by atoms with E-state index in [2.05, 4.69) is 20.4 Å². The van der Waals surface area contributed by atoms with E-state index in [1.807, 2.05) is 36.4 Å². The first-order valence-electron chi connectivity index (χ1n) is 10.9. The van der Waals surface area contributed by atoms with E-state index in [9.17, 15) is 0 Å².